The number of nitro groups is 1. The van der Waals surface area contributed by atoms with Crippen molar-refractivity contribution in [1.82, 2.24) is 10.2 Å². The number of nitro benzene ring substituents is 1. The molecule has 1 aromatic rings. The first-order valence-corrected chi connectivity index (χ1v) is 5.81. The van der Waals surface area contributed by atoms with E-state index >= 15 is 0 Å². The van der Waals surface area contributed by atoms with Crippen LogP contribution in [0, 0.1) is 10.1 Å². The maximum atomic E-state index is 10.7. The molecular formula is C12H18ClN3O2. The normalized spacial score (nSPS) is 18.7. The lowest BCUT2D eigenvalue weighted by atomic mass is 10.1. The largest absolute Gasteiger partial charge is 0.315 e. The zero-order chi connectivity index (χ0) is 12.3. The van der Waals surface area contributed by atoms with Crippen molar-refractivity contribution in [1.29, 1.82) is 0 Å². The average Bonchev–Trinajstić information content (AvgIpc) is 2.82. The van der Waals surface area contributed by atoms with Gasteiger partial charge in [0.1, 0.15) is 0 Å². The Kier molecular flexibility index (Phi) is 5.53. The second-order valence-corrected chi connectivity index (χ2v) is 4.49. The maximum absolute atomic E-state index is 10.7. The van der Waals surface area contributed by atoms with E-state index < -0.39 is 0 Å². The average molecular weight is 272 g/mol. The highest BCUT2D eigenvalue weighted by molar-refractivity contribution is 5.85. The fraction of sp³-hybridized carbons (Fsp3) is 0.500. The van der Waals surface area contributed by atoms with Gasteiger partial charge in [0.2, 0.25) is 0 Å². The van der Waals surface area contributed by atoms with Crippen LogP contribution in [-0.4, -0.2) is 36.0 Å². The quantitative estimate of drug-likeness (QED) is 0.670. The van der Waals surface area contributed by atoms with Gasteiger partial charge in [0.25, 0.3) is 5.69 Å². The van der Waals surface area contributed by atoms with Crippen molar-refractivity contribution >= 4 is 18.1 Å². The lowest BCUT2D eigenvalue weighted by Gasteiger charge is -2.23. The first kappa shape index (κ1) is 14.9. The summed E-state index contributed by atoms with van der Waals surface area (Å²) >= 11 is 0. The van der Waals surface area contributed by atoms with Crippen molar-refractivity contribution in [2.24, 2.45) is 0 Å². The molecule has 5 nitrogen and oxygen atoms in total. The second kappa shape index (κ2) is 6.68. The standard InChI is InChI=1S/C12H17N3O2.ClH/c1-14(12-5-6-13-8-12)9-10-3-2-4-11(7-10)15(16)17;/h2-4,7,12-13H,5-6,8-9H2,1H3;1H. The number of hydrogen-bond acceptors (Lipinski definition) is 4. The molecule has 6 heteroatoms. The van der Waals surface area contributed by atoms with Crippen molar-refractivity contribution in [3.8, 4) is 0 Å². The molecule has 1 atom stereocenters. The smallest absolute Gasteiger partial charge is 0.269 e. The fourth-order valence-electron chi connectivity index (χ4n) is 2.20. The highest BCUT2D eigenvalue weighted by atomic mass is 35.5. The summed E-state index contributed by atoms with van der Waals surface area (Å²) in [7, 11) is 2.07. The molecule has 1 fully saturated rings. The summed E-state index contributed by atoms with van der Waals surface area (Å²) in [6.45, 7) is 2.82. The predicted molar refractivity (Wildman–Crippen MR) is 73.1 cm³/mol. The van der Waals surface area contributed by atoms with Gasteiger partial charge in [-0.05, 0) is 25.6 Å². The van der Waals surface area contributed by atoms with E-state index in [0.29, 0.717) is 6.04 Å². The van der Waals surface area contributed by atoms with Gasteiger partial charge < -0.3 is 5.32 Å². The van der Waals surface area contributed by atoms with Crippen LogP contribution < -0.4 is 5.32 Å². The van der Waals surface area contributed by atoms with Crippen LogP contribution in [0.2, 0.25) is 0 Å². The number of halogens is 1. The lowest BCUT2D eigenvalue weighted by Crippen LogP contribution is -2.32. The van der Waals surface area contributed by atoms with E-state index in [1.54, 1.807) is 12.1 Å². The second-order valence-electron chi connectivity index (χ2n) is 4.49. The van der Waals surface area contributed by atoms with E-state index in [4.69, 9.17) is 0 Å². The van der Waals surface area contributed by atoms with Gasteiger partial charge in [0.15, 0.2) is 0 Å². The van der Waals surface area contributed by atoms with Crippen LogP contribution in [0.25, 0.3) is 0 Å². The van der Waals surface area contributed by atoms with Crippen LogP contribution in [0.4, 0.5) is 5.69 Å². The van der Waals surface area contributed by atoms with Gasteiger partial charge in [-0.25, -0.2) is 0 Å². The van der Waals surface area contributed by atoms with Gasteiger partial charge in [0, 0.05) is 31.3 Å². The van der Waals surface area contributed by atoms with Crippen molar-refractivity contribution in [3.63, 3.8) is 0 Å². The minimum atomic E-state index is -0.347. The van der Waals surface area contributed by atoms with Crippen LogP contribution in [0.3, 0.4) is 0 Å². The SMILES string of the molecule is CN(Cc1cccc([N+](=O)[O-])c1)C1CCNC1.Cl. The molecule has 2 rings (SSSR count). The summed E-state index contributed by atoms with van der Waals surface area (Å²) in [5.41, 5.74) is 1.16. The first-order valence-electron chi connectivity index (χ1n) is 5.81. The summed E-state index contributed by atoms with van der Waals surface area (Å²) in [4.78, 5) is 12.6. The van der Waals surface area contributed by atoms with E-state index in [0.717, 1.165) is 31.6 Å². The zero-order valence-electron chi connectivity index (χ0n) is 10.3. The van der Waals surface area contributed by atoms with Gasteiger partial charge in [0.05, 0.1) is 4.92 Å². The monoisotopic (exact) mass is 271 g/mol. The summed E-state index contributed by atoms with van der Waals surface area (Å²) < 4.78 is 0. The molecule has 18 heavy (non-hydrogen) atoms. The minimum absolute atomic E-state index is 0. The van der Waals surface area contributed by atoms with Crippen LogP contribution in [-0.2, 0) is 6.54 Å². The Morgan fingerprint density at radius 3 is 2.94 bits per heavy atom. The summed E-state index contributed by atoms with van der Waals surface area (Å²) in [6.07, 6.45) is 1.14. The summed E-state index contributed by atoms with van der Waals surface area (Å²) in [5.74, 6) is 0. The van der Waals surface area contributed by atoms with E-state index in [1.807, 2.05) is 6.07 Å². The summed E-state index contributed by atoms with van der Waals surface area (Å²) in [5, 5.41) is 14.0. The molecule has 0 bridgehead atoms. The molecule has 0 spiro atoms. The molecule has 1 N–H and O–H groups in total. The molecular weight excluding hydrogens is 254 g/mol. The number of non-ortho nitro benzene ring substituents is 1. The predicted octanol–water partition coefficient (Wildman–Crippen LogP) is 1.81. The molecule has 1 aliphatic heterocycles. The van der Waals surface area contributed by atoms with Crippen LogP contribution in [0.15, 0.2) is 24.3 Å². The van der Waals surface area contributed by atoms with Crippen molar-refractivity contribution in [3.05, 3.63) is 39.9 Å². The molecule has 0 amide bonds. The topological polar surface area (TPSA) is 58.4 Å². The molecule has 1 unspecified atom stereocenters. The Morgan fingerprint density at radius 1 is 1.56 bits per heavy atom. The molecule has 1 saturated heterocycles. The molecule has 1 heterocycles. The third-order valence-electron chi connectivity index (χ3n) is 3.21. The van der Waals surface area contributed by atoms with Crippen molar-refractivity contribution < 1.29 is 4.92 Å². The number of nitrogens with zero attached hydrogens (tertiary/aromatic N) is 2. The third-order valence-corrected chi connectivity index (χ3v) is 3.21. The molecule has 1 aliphatic rings. The maximum Gasteiger partial charge on any atom is 0.269 e. The third kappa shape index (κ3) is 3.66. The molecule has 0 aliphatic carbocycles. The number of benzene rings is 1. The Morgan fingerprint density at radius 2 is 2.33 bits per heavy atom. The molecule has 0 aromatic heterocycles. The lowest BCUT2D eigenvalue weighted by molar-refractivity contribution is -0.384. The Bertz CT molecular complexity index is 408. The first-order chi connectivity index (χ1) is 8.16. The molecule has 1 aromatic carbocycles. The molecule has 0 radical (unpaired) electrons. The van der Waals surface area contributed by atoms with Gasteiger partial charge in [-0.2, -0.15) is 0 Å². The van der Waals surface area contributed by atoms with Crippen molar-refractivity contribution in [2.45, 2.75) is 19.0 Å². The number of likely N-dealkylation sites (N-methyl/N-ethyl adjacent to an activating group) is 1. The number of hydrogen-bond donors (Lipinski definition) is 1. The Labute approximate surface area is 113 Å². The number of nitrogens with one attached hydrogen (secondary N) is 1. The van der Waals surface area contributed by atoms with E-state index in [1.165, 1.54) is 6.07 Å². The van der Waals surface area contributed by atoms with Gasteiger partial charge >= 0.3 is 0 Å². The van der Waals surface area contributed by atoms with Crippen LogP contribution >= 0.6 is 12.4 Å². The zero-order valence-corrected chi connectivity index (χ0v) is 11.2. The van der Waals surface area contributed by atoms with Crippen molar-refractivity contribution in [2.75, 3.05) is 20.1 Å². The van der Waals surface area contributed by atoms with Gasteiger partial charge in [-0.1, -0.05) is 12.1 Å². The minimum Gasteiger partial charge on any atom is -0.315 e. The number of rotatable bonds is 4. The van der Waals surface area contributed by atoms with E-state index in [9.17, 15) is 10.1 Å². The Balaban J connectivity index is 0.00000162. The van der Waals surface area contributed by atoms with E-state index in [-0.39, 0.29) is 23.0 Å². The van der Waals surface area contributed by atoms with Gasteiger partial charge in [-0.3, -0.25) is 15.0 Å². The summed E-state index contributed by atoms with van der Waals surface area (Å²) in [6, 6.07) is 7.40. The highest BCUT2D eigenvalue weighted by Crippen LogP contribution is 2.16. The van der Waals surface area contributed by atoms with Crippen LogP contribution in [0.1, 0.15) is 12.0 Å². The van der Waals surface area contributed by atoms with Crippen LogP contribution in [0.5, 0.6) is 0 Å². The highest BCUT2D eigenvalue weighted by Gasteiger charge is 2.19. The van der Waals surface area contributed by atoms with Gasteiger partial charge in [-0.15, -0.1) is 12.4 Å². The van der Waals surface area contributed by atoms with E-state index in [2.05, 4.69) is 17.3 Å². The molecule has 100 valence electrons. The Hall–Kier alpha value is -1.17. The fourth-order valence-corrected chi connectivity index (χ4v) is 2.20. The molecule has 0 saturated carbocycles.